The van der Waals surface area contributed by atoms with Crippen molar-refractivity contribution in [2.45, 2.75) is 39.5 Å². The van der Waals surface area contributed by atoms with Crippen LogP contribution in [0.5, 0.6) is 5.88 Å². The summed E-state index contributed by atoms with van der Waals surface area (Å²) in [7, 11) is 1.87. The zero-order chi connectivity index (χ0) is 18.1. The van der Waals surface area contributed by atoms with Crippen LogP contribution in [0, 0.1) is 0 Å². The number of aromatic nitrogens is 1. The molecule has 0 aliphatic carbocycles. The minimum atomic E-state index is 0.248. The summed E-state index contributed by atoms with van der Waals surface area (Å²) in [4.78, 5) is 4.84. The maximum atomic E-state index is 10.5. The van der Waals surface area contributed by atoms with Gasteiger partial charge in [-0.3, -0.25) is 4.99 Å². The van der Waals surface area contributed by atoms with Crippen molar-refractivity contribution >= 4 is 22.8 Å². The van der Waals surface area contributed by atoms with Gasteiger partial charge in [-0.2, -0.15) is 0 Å². The van der Waals surface area contributed by atoms with E-state index in [-0.39, 0.29) is 5.88 Å². The van der Waals surface area contributed by atoms with Gasteiger partial charge in [-0.1, -0.05) is 64.1 Å². The molecular formula is C22H26N2O. The van der Waals surface area contributed by atoms with E-state index in [2.05, 4.69) is 45.9 Å². The molecule has 0 bridgehead atoms. The zero-order valence-electron chi connectivity index (χ0n) is 15.6. The lowest BCUT2D eigenvalue weighted by atomic mass is 9.93. The van der Waals surface area contributed by atoms with Gasteiger partial charge in [-0.25, -0.2) is 0 Å². The molecule has 1 N–H and O–H groups in total. The fourth-order valence-corrected chi connectivity index (χ4v) is 3.33. The molecule has 0 unspecified atom stereocenters. The Morgan fingerprint density at radius 1 is 0.920 bits per heavy atom. The van der Waals surface area contributed by atoms with Crippen molar-refractivity contribution in [3.8, 4) is 5.88 Å². The molecule has 1 aromatic heterocycles. The van der Waals surface area contributed by atoms with Crippen LogP contribution >= 0.6 is 0 Å². The van der Waals surface area contributed by atoms with Crippen LogP contribution in [0.1, 0.15) is 56.2 Å². The smallest absolute Gasteiger partial charge is 0.200 e. The molecule has 3 heteroatoms. The van der Waals surface area contributed by atoms with Crippen molar-refractivity contribution < 1.29 is 5.11 Å². The molecule has 3 nitrogen and oxygen atoms in total. The predicted molar refractivity (Wildman–Crippen MR) is 106 cm³/mol. The standard InChI is InChI=1S/C22H26N2O/c1-14(2)16-10-8-11-17(15(3)4)21(16)23-13-19-18-9-6-7-12-20(18)24(5)22(19)25/h6-15,25H,1-5H3. The van der Waals surface area contributed by atoms with E-state index in [0.29, 0.717) is 11.8 Å². The largest absolute Gasteiger partial charge is 0.494 e. The number of benzene rings is 2. The van der Waals surface area contributed by atoms with E-state index >= 15 is 0 Å². The van der Waals surface area contributed by atoms with Crippen LogP contribution in [0.25, 0.3) is 10.9 Å². The van der Waals surface area contributed by atoms with Gasteiger partial charge in [0.15, 0.2) is 0 Å². The maximum absolute atomic E-state index is 10.5. The first-order valence-electron chi connectivity index (χ1n) is 8.85. The monoisotopic (exact) mass is 334 g/mol. The van der Waals surface area contributed by atoms with E-state index in [1.54, 1.807) is 4.57 Å². The molecule has 0 radical (unpaired) electrons. The SMILES string of the molecule is CC(C)c1cccc(C(C)C)c1N=Cc1c(O)n(C)c2ccccc12. The molecule has 1 heterocycles. The summed E-state index contributed by atoms with van der Waals surface area (Å²) in [5, 5.41) is 11.5. The number of rotatable bonds is 4. The molecule has 0 aliphatic heterocycles. The van der Waals surface area contributed by atoms with E-state index in [9.17, 15) is 5.11 Å². The third kappa shape index (κ3) is 3.07. The molecule has 3 aromatic rings. The van der Waals surface area contributed by atoms with Crippen LogP contribution in [0.4, 0.5) is 5.69 Å². The van der Waals surface area contributed by atoms with Crippen molar-refractivity contribution in [1.29, 1.82) is 0 Å². The summed E-state index contributed by atoms with van der Waals surface area (Å²) >= 11 is 0. The Labute approximate surface area is 149 Å². The lowest BCUT2D eigenvalue weighted by Gasteiger charge is -2.16. The first kappa shape index (κ1) is 17.3. The molecule has 0 fully saturated rings. The van der Waals surface area contributed by atoms with Gasteiger partial charge in [-0.05, 0) is 29.0 Å². The zero-order valence-corrected chi connectivity index (χ0v) is 15.6. The van der Waals surface area contributed by atoms with Gasteiger partial charge in [0, 0.05) is 18.6 Å². The number of nitrogens with zero attached hydrogens (tertiary/aromatic N) is 2. The molecule has 3 rings (SSSR count). The van der Waals surface area contributed by atoms with E-state index in [0.717, 1.165) is 22.2 Å². The Bertz CT molecular complexity index is 906. The molecule has 0 saturated heterocycles. The van der Waals surface area contributed by atoms with Crippen molar-refractivity contribution in [3.05, 3.63) is 59.2 Å². The first-order valence-corrected chi connectivity index (χ1v) is 8.85. The van der Waals surface area contributed by atoms with E-state index < -0.39 is 0 Å². The molecule has 130 valence electrons. The van der Waals surface area contributed by atoms with Gasteiger partial charge in [0.25, 0.3) is 0 Å². The highest BCUT2D eigenvalue weighted by molar-refractivity contribution is 6.03. The molecule has 0 saturated carbocycles. The minimum Gasteiger partial charge on any atom is -0.494 e. The summed E-state index contributed by atoms with van der Waals surface area (Å²) in [5.74, 6) is 1.04. The number of aliphatic imine (C=N–C) groups is 1. The van der Waals surface area contributed by atoms with Gasteiger partial charge in [-0.15, -0.1) is 0 Å². The summed E-state index contributed by atoms with van der Waals surface area (Å²) in [5.41, 5.74) is 5.28. The van der Waals surface area contributed by atoms with Gasteiger partial charge >= 0.3 is 0 Å². The van der Waals surface area contributed by atoms with Crippen molar-refractivity contribution in [1.82, 2.24) is 4.57 Å². The second-order valence-corrected chi connectivity index (χ2v) is 7.17. The average Bonchev–Trinajstić information content (AvgIpc) is 2.84. The number of hydrogen-bond acceptors (Lipinski definition) is 2. The highest BCUT2D eigenvalue weighted by Gasteiger charge is 2.15. The fourth-order valence-electron chi connectivity index (χ4n) is 3.33. The first-order chi connectivity index (χ1) is 11.9. The van der Waals surface area contributed by atoms with E-state index in [1.165, 1.54) is 11.1 Å². The second-order valence-electron chi connectivity index (χ2n) is 7.17. The van der Waals surface area contributed by atoms with Crippen LogP contribution < -0.4 is 0 Å². The van der Waals surface area contributed by atoms with Crippen LogP contribution in [-0.2, 0) is 7.05 Å². The van der Waals surface area contributed by atoms with E-state index in [1.807, 2.05) is 37.5 Å². The van der Waals surface area contributed by atoms with Crippen LogP contribution in [0.2, 0.25) is 0 Å². The fraction of sp³-hybridized carbons (Fsp3) is 0.318. The molecule has 0 spiro atoms. The molecule has 0 atom stereocenters. The number of aromatic hydroxyl groups is 1. The highest BCUT2D eigenvalue weighted by Crippen LogP contribution is 2.35. The quantitative estimate of drug-likeness (QED) is 0.594. The summed E-state index contributed by atoms with van der Waals surface area (Å²) in [6.45, 7) is 8.75. The van der Waals surface area contributed by atoms with Gasteiger partial charge in [0.1, 0.15) is 0 Å². The molecule has 0 amide bonds. The lowest BCUT2D eigenvalue weighted by molar-refractivity contribution is 0.434. The van der Waals surface area contributed by atoms with Crippen molar-refractivity contribution in [2.24, 2.45) is 12.0 Å². The van der Waals surface area contributed by atoms with Crippen molar-refractivity contribution in [3.63, 3.8) is 0 Å². The van der Waals surface area contributed by atoms with Crippen molar-refractivity contribution in [2.75, 3.05) is 0 Å². The summed E-state index contributed by atoms with van der Waals surface area (Å²) < 4.78 is 1.80. The highest BCUT2D eigenvalue weighted by atomic mass is 16.3. The summed E-state index contributed by atoms with van der Waals surface area (Å²) in [6, 6.07) is 14.4. The Balaban J connectivity index is 2.17. The number of fused-ring (bicyclic) bond motifs is 1. The van der Waals surface area contributed by atoms with E-state index in [4.69, 9.17) is 4.99 Å². The van der Waals surface area contributed by atoms with Crippen LogP contribution in [0.15, 0.2) is 47.5 Å². The Morgan fingerprint density at radius 3 is 2.12 bits per heavy atom. The number of para-hydroxylation sites is 2. The topological polar surface area (TPSA) is 37.5 Å². The Kier molecular flexibility index (Phi) is 4.67. The molecule has 0 aliphatic rings. The predicted octanol–water partition coefficient (Wildman–Crippen LogP) is 5.88. The summed E-state index contributed by atoms with van der Waals surface area (Å²) in [6.07, 6.45) is 1.81. The third-order valence-electron chi connectivity index (χ3n) is 4.78. The minimum absolute atomic E-state index is 0.248. The Hall–Kier alpha value is -2.55. The van der Waals surface area contributed by atoms with Crippen LogP contribution in [0.3, 0.4) is 0 Å². The third-order valence-corrected chi connectivity index (χ3v) is 4.78. The maximum Gasteiger partial charge on any atom is 0.200 e. The molecule has 2 aromatic carbocycles. The second kappa shape index (κ2) is 6.75. The molecular weight excluding hydrogens is 308 g/mol. The number of aryl methyl sites for hydroxylation is 1. The molecule has 25 heavy (non-hydrogen) atoms. The number of hydrogen-bond donors (Lipinski definition) is 1. The average molecular weight is 334 g/mol. The van der Waals surface area contributed by atoms with Crippen LogP contribution in [-0.4, -0.2) is 15.9 Å². The van der Waals surface area contributed by atoms with Gasteiger partial charge in [0.2, 0.25) is 5.88 Å². The van der Waals surface area contributed by atoms with Gasteiger partial charge in [0.05, 0.1) is 16.8 Å². The lowest BCUT2D eigenvalue weighted by Crippen LogP contribution is -1.95. The normalized spacial score (nSPS) is 12.1. The van der Waals surface area contributed by atoms with Gasteiger partial charge < -0.3 is 9.67 Å². The Morgan fingerprint density at radius 2 is 1.52 bits per heavy atom.